The number of carbonyl (C=O) groups excluding carboxylic acids is 3. The third kappa shape index (κ3) is 8.99. The molecule has 0 bridgehead atoms. The third-order valence-corrected chi connectivity index (χ3v) is 6.33. The lowest BCUT2D eigenvalue weighted by Crippen LogP contribution is -2.32. The Morgan fingerprint density at radius 3 is 2.40 bits per heavy atom. The maximum atomic E-state index is 12.4. The molecule has 0 aromatic heterocycles. The molecule has 3 amide bonds. The zero-order chi connectivity index (χ0) is 29.1. The van der Waals surface area contributed by atoms with Gasteiger partial charge in [-0.2, -0.15) is 5.10 Å². The van der Waals surface area contributed by atoms with Crippen LogP contribution in [-0.4, -0.2) is 44.3 Å². The zero-order valence-corrected chi connectivity index (χ0v) is 24.5. The number of anilines is 2. The number of halogens is 2. The quantitative estimate of drug-likeness (QED) is 0.0869. The topological polar surface area (TPSA) is 127 Å². The average Bonchev–Trinajstić information content (AvgIpc) is 2.93. The molecule has 12 heteroatoms. The maximum absolute atomic E-state index is 12.4. The van der Waals surface area contributed by atoms with E-state index in [4.69, 9.17) is 25.8 Å². The molecule has 208 valence electrons. The monoisotopic (exact) mass is 676 g/mol. The number of rotatable bonds is 11. The van der Waals surface area contributed by atoms with Gasteiger partial charge in [0.05, 0.1) is 16.9 Å². The van der Waals surface area contributed by atoms with Crippen LogP contribution in [0.2, 0.25) is 5.02 Å². The molecular formula is C28H26ClIN4O6. The molecule has 0 radical (unpaired) electrons. The summed E-state index contributed by atoms with van der Waals surface area (Å²) in [5, 5.41) is 9.59. The highest BCUT2D eigenvalue weighted by Gasteiger charge is 2.15. The Hall–Kier alpha value is -4.10. The fraction of sp³-hybridized carbons (Fsp3) is 0.143. The van der Waals surface area contributed by atoms with E-state index in [9.17, 15) is 14.4 Å². The van der Waals surface area contributed by atoms with E-state index >= 15 is 0 Å². The van der Waals surface area contributed by atoms with Crippen LogP contribution in [0.25, 0.3) is 0 Å². The van der Waals surface area contributed by atoms with Crippen molar-refractivity contribution in [3.05, 3.63) is 87.0 Å². The molecular weight excluding hydrogens is 651 g/mol. The summed E-state index contributed by atoms with van der Waals surface area (Å²) in [6, 6.07) is 15.1. The van der Waals surface area contributed by atoms with Gasteiger partial charge in [0.15, 0.2) is 18.1 Å². The fourth-order valence-electron chi connectivity index (χ4n) is 3.15. The van der Waals surface area contributed by atoms with E-state index < -0.39 is 11.8 Å². The van der Waals surface area contributed by atoms with Crippen molar-refractivity contribution >= 4 is 69.5 Å². The molecule has 0 fully saturated rings. The summed E-state index contributed by atoms with van der Waals surface area (Å²) in [5.74, 6) is -0.902. The first-order valence-electron chi connectivity index (χ1n) is 11.7. The first-order valence-corrected chi connectivity index (χ1v) is 13.2. The maximum Gasteiger partial charge on any atom is 0.329 e. The number of ether oxygens (including phenoxy) is 3. The van der Waals surface area contributed by atoms with Gasteiger partial charge in [-0.05, 0) is 89.2 Å². The Labute approximate surface area is 249 Å². The van der Waals surface area contributed by atoms with Crippen LogP contribution in [0.4, 0.5) is 11.4 Å². The molecule has 3 aromatic carbocycles. The van der Waals surface area contributed by atoms with Crippen LogP contribution in [0.5, 0.6) is 17.2 Å². The molecule has 3 N–H and O–H groups in total. The molecule has 0 saturated heterocycles. The number of aryl methyl sites for hydroxylation is 1. The molecule has 0 unspecified atom stereocenters. The highest BCUT2D eigenvalue weighted by atomic mass is 127. The largest absolute Gasteiger partial charge is 0.493 e. The van der Waals surface area contributed by atoms with Crippen molar-refractivity contribution in [2.45, 2.75) is 6.92 Å². The first-order chi connectivity index (χ1) is 19.2. The van der Waals surface area contributed by atoms with Crippen LogP contribution in [0.15, 0.2) is 72.4 Å². The normalized spacial score (nSPS) is 10.5. The summed E-state index contributed by atoms with van der Waals surface area (Å²) < 4.78 is 17.1. The SMILES string of the molecule is C=CCOc1ccc(NC(=O)C(=O)N/N=C\c2cc(I)c(OCC(=O)Nc3ccc(C)c(Cl)c3)c(OC)c2)cc1. The zero-order valence-electron chi connectivity index (χ0n) is 21.6. The lowest BCUT2D eigenvalue weighted by molar-refractivity contribution is -0.136. The van der Waals surface area contributed by atoms with Gasteiger partial charge in [-0.25, -0.2) is 5.43 Å². The number of hydrazone groups is 1. The molecule has 0 aliphatic carbocycles. The second-order valence-electron chi connectivity index (χ2n) is 8.11. The van der Waals surface area contributed by atoms with E-state index in [1.165, 1.54) is 13.3 Å². The number of carbonyl (C=O) groups is 3. The number of nitrogens with one attached hydrogen (secondary N) is 3. The number of methoxy groups -OCH3 is 1. The van der Waals surface area contributed by atoms with Gasteiger partial charge in [0, 0.05) is 16.4 Å². The molecule has 10 nitrogen and oxygen atoms in total. The molecule has 0 heterocycles. The van der Waals surface area contributed by atoms with Crippen molar-refractivity contribution in [1.82, 2.24) is 5.43 Å². The number of nitrogens with zero attached hydrogens (tertiary/aromatic N) is 1. The molecule has 3 rings (SSSR count). The van der Waals surface area contributed by atoms with Crippen molar-refractivity contribution in [3.63, 3.8) is 0 Å². The van der Waals surface area contributed by atoms with E-state index in [1.807, 2.05) is 29.5 Å². The lowest BCUT2D eigenvalue weighted by Gasteiger charge is -2.14. The van der Waals surface area contributed by atoms with Gasteiger partial charge >= 0.3 is 11.8 Å². The highest BCUT2D eigenvalue weighted by molar-refractivity contribution is 14.1. The van der Waals surface area contributed by atoms with Crippen molar-refractivity contribution in [2.24, 2.45) is 5.10 Å². The molecule has 0 aliphatic rings. The van der Waals surface area contributed by atoms with E-state index in [0.717, 1.165) is 5.56 Å². The Bertz CT molecular complexity index is 1430. The summed E-state index contributed by atoms with van der Waals surface area (Å²) in [7, 11) is 1.46. The average molecular weight is 677 g/mol. The minimum atomic E-state index is -0.953. The second kappa shape index (κ2) is 14.9. The molecule has 0 aliphatic heterocycles. The van der Waals surface area contributed by atoms with Crippen molar-refractivity contribution in [3.8, 4) is 17.2 Å². The van der Waals surface area contributed by atoms with E-state index in [2.05, 4.69) is 27.7 Å². The van der Waals surface area contributed by atoms with Gasteiger partial charge in [-0.3, -0.25) is 14.4 Å². The summed E-state index contributed by atoms with van der Waals surface area (Å²) in [5.41, 5.74) is 4.61. The molecule has 0 spiro atoms. The van der Waals surface area contributed by atoms with E-state index in [-0.39, 0.29) is 12.5 Å². The van der Waals surface area contributed by atoms with E-state index in [1.54, 1.807) is 60.7 Å². The van der Waals surface area contributed by atoms with Gasteiger partial charge < -0.3 is 24.8 Å². The van der Waals surface area contributed by atoms with Gasteiger partial charge in [-0.1, -0.05) is 30.3 Å². The predicted octanol–water partition coefficient (Wildman–Crippen LogP) is 4.93. The fourth-order valence-corrected chi connectivity index (χ4v) is 4.12. The van der Waals surface area contributed by atoms with Gasteiger partial charge in [-0.15, -0.1) is 0 Å². The van der Waals surface area contributed by atoms with Crippen LogP contribution in [0.3, 0.4) is 0 Å². The first kappa shape index (κ1) is 30.4. The number of hydrogen-bond donors (Lipinski definition) is 3. The smallest absolute Gasteiger partial charge is 0.329 e. The Morgan fingerprint density at radius 1 is 1.00 bits per heavy atom. The van der Waals surface area contributed by atoms with Crippen molar-refractivity contribution in [2.75, 3.05) is 31.0 Å². The third-order valence-electron chi connectivity index (χ3n) is 5.12. The summed E-state index contributed by atoms with van der Waals surface area (Å²) in [6.45, 7) is 5.54. The van der Waals surface area contributed by atoms with Crippen molar-refractivity contribution in [1.29, 1.82) is 0 Å². The van der Waals surface area contributed by atoms with E-state index in [0.29, 0.717) is 49.4 Å². The number of amides is 3. The van der Waals surface area contributed by atoms with Crippen LogP contribution < -0.4 is 30.3 Å². The van der Waals surface area contributed by atoms with Crippen LogP contribution in [-0.2, 0) is 14.4 Å². The van der Waals surface area contributed by atoms with Crippen LogP contribution >= 0.6 is 34.2 Å². The summed E-state index contributed by atoms with van der Waals surface area (Å²) >= 11 is 8.13. The minimum Gasteiger partial charge on any atom is -0.493 e. The summed E-state index contributed by atoms with van der Waals surface area (Å²) in [6.07, 6.45) is 2.96. The molecule has 0 atom stereocenters. The van der Waals surface area contributed by atoms with Crippen LogP contribution in [0, 0.1) is 10.5 Å². The molecule has 40 heavy (non-hydrogen) atoms. The van der Waals surface area contributed by atoms with Crippen LogP contribution in [0.1, 0.15) is 11.1 Å². The van der Waals surface area contributed by atoms with Crippen molar-refractivity contribution < 1.29 is 28.6 Å². The molecule has 0 saturated carbocycles. The number of hydrogen-bond acceptors (Lipinski definition) is 7. The predicted molar refractivity (Wildman–Crippen MR) is 163 cm³/mol. The summed E-state index contributed by atoms with van der Waals surface area (Å²) in [4.78, 5) is 36.7. The standard InChI is InChI=1S/C28H26ClIN4O6/c1-4-11-39-21-9-7-19(8-10-21)33-27(36)28(37)34-31-15-18-12-23(30)26(24(13-18)38-3)40-16-25(35)32-20-6-5-17(2)22(29)14-20/h4-10,12-15H,1,11,16H2,2-3H3,(H,32,35)(H,33,36)(H,34,37)/b31-15-. The van der Waals surface area contributed by atoms with Gasteiger partial charge in [0.1, 0.15) is 12.4 Å². The Balaban J connectivity index is 1.55. The number of benzene rings is 3. The Kier molecular flexibility index (Phi) is 11.3. The molecule has 3 aromatic rings. The minimum absolute atomic E-state index is 0.263. The van der Waals surface area contributed by atoms with Gasteiger partial charge in [0.2, 0.25) is 0 Å². The lowest BCUT2D eigenvalue weighted by atomic mass is 10.2. The highest BCUT2D eigenvalue weighted by Crippen LogP contribution is 2.33. The Morgan fingerprint density at radius 2 is 1.73 bits per heavy atom. The van der Waals surface area contributed by atoms with Gasteiger partial charge in [0.25, 0.3) is 5.91 Å². The second-order valence-corrected chi connectivity index (χ2v) is 9.68.